The largest absolute Gasteiger partial charge is 0.506 e. The number of hydrogen-bond acceptors (Lipinski definition) is 5. The van der Waals surface area contributed by atoms with Gasteiger partial charge in [0, 0.05) is 11.4 Å². The normalized spacial score (nSPS) is 23.1. The van der Waals surface area contributed by atoms with E-state index < -0.39 is 39.9 Å². The van der Waals surface area contributed by atoms with Gasteiger partial charge in [0.1, 0.15) is 18.0 Å². The van der Waals surface area contributed by atoms with Crippen LogP contribution in [0.3, 0.4) is 0 Å². The number of carbonyl (C=O) groups excluding carboxylic acids is 1. The van der Waals surface area contributed by atoms with Crippen molar-refractivity contribution in [3.8, 4) is 5.75 Å². The summed E-state index contributed by atoms with van der Waals surface area (Å²) in [6.07, 6.45) is 6.52. The van der Waals surface area contributed by atoms with Crippen LogP contribution >= 0.6 is 0 Å². The van der Waals surface area contributed by atoms with E-state index in [-0.39, 0.29) is 5.39 Å². The van der Waals surface area contributed by atoms with E-state index in [1.165, 1.54) is 18.9 Å². The maximum Gasteiger partial charge on any atom is 0.326 e. The van der Waals surface area contributed by atoms with Crippen molar-refractivity contribution in [2.45, 2.75) is 31.7 Å². The van der Waals surface area contributed by atoms with Crippen molar-refractivity contribution in [3.63, 3.8) is 0 Å². The van der Waals surface area contributed by atoms with Crippen LogP contribution in [0.5, 0.6) is 5.75 Å². The highest BCUT2D eigenvalue weighted by atomic mass is 32.2. The molecule has 3 aliphatic rings. The van der Waals surface area contributed by atoms with E-state index in [0.717, 1.165) is 36.4 Å². The molecule has 0 aromatic heterocycles. The van der Waals surface area contributed by atoms with Crippen LogP contribution in [0, 0.1) is 11.7 Å². The zero-order valence-electron chi connectivity index (χ0n) is 16.2. The number of nitrogens with one attached hydrogen (secondary N) is 2. The van der Waals surface area contributed by atoms with Crippen LogP contribution in [0.25, 0.3) is 16.3 Å². The topological polar surface area (TPSA) is 98.7 Å². The first-order chi connectivity index (χ1) is 14.3. The first kappa shape index (κ1) is 19.3. The van der Waals surface area contributed by atoms with Crippen molar-refractivity contribution in [2.24, 2.45) is 5.92 Å². The average molecular weight is 431 g/mol. The van der Waals surface area contributed by atoms with Gasteiger partial charge in [-0.2, -0.15) is 8.42 Å². The Bertz CT molecular complexity index is 1190. The van der Waals surface area contributed by atoms with Crippen LogP contribution in [0.15, 0.2) is 30.3 Å². The van der Waals surface area contributed by atoms with E-state index in [0.29, 0.717) is 15.7 Å². The van der Waals surface area contributed by atoms with Crippen molar-refractivity contribution < 1.29 is 22.7 Å². The maximum atomic E-state index is 15.4. The number of anilines is 1. The number of halogens is 1. The highest BCUT2D eigenvalue weighted by Gasteiger charge is 2.38. The molecule has 0 radical (unpaired) electrons. The standard InChI is InChI=1S/C21H22FN3O4S/c22-20-17-8-14(13-5-6-16(7-13)23-10-12-1-2-12)3-4-15(17)9-18(26)21(20)25-11-19(27)24-30(25,28)29/h3-5,8-9,12,16,23,26H,1-2,6-7,10-11H2,(H,24,27). The molecule has 1 aliphatic heterocycles. The van der Waals surface area contributed by atoms with Crippen molar-refractivity contribution in [3.05, 3.63) is 41.7 Å². The molecule has 1 amide bonds. The van der Waals surface area contributed by atoms with Gasteiger partial charge < -0.3 is 10.4 Å². The summed E-state index contributed by atoms with van der Waals surface area (Å²) in [6.45, 7) is 0.468. The number of phenols is 1. The third-order valence-corrected chi connectivity index (χ3v) is 7.36. The van der Waals surface area contributed by atoms with Crippen LogP contribution in [-0.2, 0) is 15.0 Å². The molecule has 1 saturated carbocycles. The zero-order chi connectivity index (χ0) is 21.0. The van der Waals surface area contributed by atoms with Crippen LogP contribution in [-0.4, -0.2) is 38.6 Å². The van der Waals surface area contributed by atoms with Crippen molar-refractivity contribution in [1.29, 1.82) is 0 Å². The van der Waals surface area contributed by atoms with Crippen LogP contribution in [0.2, 0.25) is 0 Å². The second-order valence-corrected chi connectivity index (χ2v) is 9.84. The first-order valence-corrected chi connectivity index (χ1v) is 11.5. The third kappa shape index (κ3) is 3.41. The second-order valence-electron chi connectivity index (χ2n) is 8.25. The summed E-state index contributed by atoms with van der Waals surface area (Å²) in [4.78, 5) is 11.5. The molecule has 1 heterocycles. The van der Waals surface area contributed by atoms with Gasteiger partial charge in [-0.1, -0.05) is 18.2 Å². The molecular formula is C21H22FN3O4S. The fraction of sp³-hybridized carbons (Fsp3) is 0.381. The monoisotopic (exact) mass is 431 g/mol. The molecule has 2 aromatic rings. The average Bonchev–Trinajstić information content (AvgIpc) is 3.33. The fourth-order valence-corrected chi connectivity index (χ4v) is 5.34. The highest BCUT2D eigenvalue weighted by molar-refractivity contribution is 7.92. The summed E-state index contributed by atoms with van der Waals surface area (Å²) in [5.41, 5.74) is 1.47. The van der Waals surface area contributed by atoms with Gasteiger partial charge in [-0.25, -0.2) is 13.4 Å². The molecular weight excluding hydrogens is 409 g/mol. The van der Waals surface area contributed by atoms with E-state index in [9.17, 15) is 18.3 Å². The Labute approximate surface area is 173 Å². The summed E-state index contributed by atoms with van der Waals surface area (Å²) < 4.78 is 42.0. The Morgan fingerprint density at radius 3 is 2.77 bits per heavy atom. The lowest BCUT2D eigenvalue weighted by molar-refractivity contribution is -0.117. The fourth-order valence-electron chi connectivity index (χ4n) is 4.17. The zero-order valence-corrected chi connectivity index (χ0v) is 17.0. The van der Waals surface area contributed by atoms with Crippen LogP contribution in [0.1, 0.15) is 31.2 Å². The van der Waals surface area contributed by atoms with Gasteiger partial charge in [-0.15, -0.1) is 0 Å². The van der Waals surface area contributed by atoms with E-state index in [1.807, 2.05) is 6.07 Å². The lowest BCUT2D eigenvalue weighted by Crippen LogP contribution is -2.30. The van der Waals surface area contributed by atoms with Crippen molar-refractivity contribution in [2.75, 3.05) is 17.4 Å². The number of fused-ring (bicyclic) bond motifs is 1. The molecule has 1 unspecified atom stereocenters. The lowest BCUT2D eigenvalue weighted by Gasteiger charge is -2.18. The number of rotatable bonds is 5. The minimum absolute atomic E-state index is 0.199. The van der Waals surface area contributed by atoms with Crippen molar-refractivity contribution >= 4 is 38.1 Å². The minimum Gasteiger partial charge on any atom is -0.506 e. The number of carbonyl (C=O) groups is 1. The highest BCUT2D eigenvalue weighted by Crippen LogP contribution is 2.40. The van der Waals surface area contributed by atoms with Gasteiger partial charge in [0.2, 0.25) is 0 Å². The lowest BCUT2D eigenvalue weighted by atomic mass is 9.99. The molecule has 2 aliphatic carbocycles. The van der Waals surface area contributed by atoms with Gasteiger partial charge in [0.15, 0.2) is 5.82 Å². The Kier molecular flexibility index (Phi) is 4.48. The molecule has 158 valence electrons. The predicted molar refractivity (Wildman–Crippen MR) is 112 cm³/mol. The molecule has 5 rings (SSSR count). The number of nitrogens with zero attached hydrogens (tertiary/aromatic N) is 1. The SMILES string of the molecule is O=C1CN(c2c(O)cc3ccc(C4=CCC(NCC5CC5)C4)cc3c2F)S(=O)(=O)N1. The van der Waals surface area contributed by atoms with Crippen molar-refractivity contribution in [1.82, 2.24) is 10.0 Å². The van der Waals surface area contributed by atoms with Gasteiger partial charge in [0.05, 0.1) is 0 Å². The maximum absolute atomic E-state index is 15.4. The van der Waals surface area contributed by atoms with E-state index in [1.54, 1.807) is 16.9 Å². The Morgan fingerprint density at radius 1 is 1.27 bits per heavy atom. The summed E-state index contributed by atoms with van der Waals surface area (Å²) in [6, 6.07) is 6.97. The summed E-state index contributed by atoms with van der Waals surface area (Å²) >= 11 is 0. The van der Waals surface area contributed by atoms with Gasteiger partial charge in [-0.3, -0.25) is 4.79 Å². The Hall–Kier alpha value is -2.65. The van der Waals surface area contributed by atoms with Gasteiger partial charge in [-0.05, 0) is 66.8 Å². The molecule has 0 bridgehead atoms. The predicted octanol–water partition coefficient (Wildman–Crippen LogP) is 2.41. The van der Waals surface area contributed by atoms with Gasteiger partial charge >= 0.3 is 10.2 Å². The van der Waals surface area contributed by atoms with E-state index >= 15 is 4.39 Å². The molecule has 7 nitrogen and oxygen atoms in total. The number of aromatic hydroxyl groups is 1. The number of benzene rings is 2. The van der Waals surface area contributed by atoms with Crippen LogP contribution in [0.4, 0.5) is 10.1 Å². The molecule has 2 aromatic carbocycles. The van der Waals surface area contributed by atoms with Crippen LogP contribution < -0.4 is 14.3 Å². The first-order valence-electron chi connectivity index (χ1n) is 10.0. The smallest absolute Gasteiger partial charge is 0.326 e. The Balaban J connectivity index is 1.48. The minimum atomic E-state index is -4.23. The number of phenolic OH excluding ortho intramolecular Hbond substituents is 1. The Morgan fingerprint density at radius 2 is 2.07 bits per heavy atom. The van der Waals surface area contributed by atoms with Gasteiger partial charge in [0.25, 0.3) is 5.91 Å². The van der Waals surface area contributed by atoms with E-state index in [4.69, 9.17) is 0 Å². The summed E-state index contributed by atoms with van der Waals surface area (Å²) in [5, 5.41) is 14.5. The molecule has 3 N–H and O–H groups in total. The molecule has 9 heteroatoms. The van der Waals surface area contributed by atoms with E-state index in [2.05, 4.69) is 11.4 Å². The number of amides is 1. The summed E-state index contributed by atoms with van der Waals surface area (Å²) in [7, 11) is -4.23. The number of hydrogen-bond donors (Lipinski definition) is 3. The molecule has 0 spiro atoms. The summed E-state index contributed by atoms with van der Waals surface area (Å²) in [5.74, 6) is -1.37. The quantitative estimate of drug-likeness (QED) is 0.675. The molecule has 1 atom stereocenters. The molecule has 30 heavy (non-hydrogen) atoms. The molecule has 1 saturated heterocycles. The third-order valence-electron chi connectivity index (χ3n) is 5.98. The molecule has 2 fully saturated rings. The second kappa shape index (κ2) is 6.95.